The summed E-state index contributed by atoms with van der Waals surface area (Å²) in [6.07, 6.45) is 0. The zero-order chi connectivity index (χ0) is 16.1. The molecule has 0 amide bonds. The zero-order valence-electron chi connectivity index (χ0n) is 12.6. The van der Waals surface area contributed by atoms with E-state index in [0.29, 0.717) is 18.1 Å². The fourth-order valence-corrected chi connectivity index (χ4v) is 2.60. The van der Waals surface area contributed by atoms with Crippen molar-refractivity contribution in [2.24, 2.45) is 0 Å². The highest BCUT2D eigenvalue weighted by molar-refractivity contribution is 7.71. The zero-order valence-corrected chi connectivity index (χ0v) is 13.4. The number of ether oxygens (including phenoxy) is 1. The lowest BCUT2D eigenvalue weighted by molar-refractivity contribution is 0.0522. The van der Waals surface area contributed by atoms with Crippen LogP contribution in [0, 0.1) is 11.6 Å². The molecule has 0 aliphatic carbocycles. The fourth-order valence-electron chi connectivity index (χ4n) is 2.28. The summed E-state index contributed by atoms with van der Waals surface area (Å²) in [7, 11) is 0. The molecular formula is C16H18N2O3S. The summed E-state index contributed by atoms with van der Waals surface area (Å²) >= 11 is 5.27. The van der Waals surface area contributed by atoms with Gasteiger partial charge in [-0.05, 0) is 13.8 Å². The van der Waals surface area contributed by atoms with Gasteiger partial charge in [-0.3, -0.25) is 0 Å². The smallest absolute Gasteiger partial charge is 0.343 e. The quantitative estimate of drug-likeness (QED) is 0.678. The number of nitrogens with zero attached hydrogens (tertiary/aromatic N) is 2. The Labute approximate surface area is 134 Å². The standard InChI is InChI=1S/C16H18N2O3S/c1-3-21-16(20)13-11(2)18(9-10-19)14(17-15(13)22)12-7-5-4-6-8-12/h4-8,19H,3,9-10H2,1-2H3. The first kappa shape index (κ1) is 16.3. The molecule has 5 nitrogen and oxygen atoms in total. The van der Waals surface area contributed by atoms with Crippen LogP contribution in [0.15, 0.2) is 30.3 Å². The van der Waals surface area contributed by atoms with Gasteiger partial charge in [-0.15, -0.1) is 0 Å². The van der Waals surface area contributed by atoms with Gasteiger partial charge in [0.25, 0.3) is 0 Å². The fraction of sp³-hybridized carbons (Fsp3) is 0.312. The molecule has 0 bridgehead atoms. The first-order valence-electron chi connectivity index (χ1n) is 7.05. The van der Waals surface area contributed by atoms with Crippen molar-refractivity contribution in [2.75, 3.05) is 13.2 Å². The van der Waals surface area contributed by atoms with E-state index in [0.717, 1.165) is 5.56 Å². The van der Waals surface area contributed by atoms with Gasteiger partial charge in [0.15, 0.2) is 0 Å². The molecule has 0 fully saturated rings. The van der Waals surface area contributed by atoms with Crippen molar-refractivity contribution in [3.63, 3.8) is 0 Å². The Kier molecular flexibility index (Phi) is 5.41. The second-order valence-electron chi connectivity index (χ2n) is 4.66. The largest absolute Gasteiger partial charge is 0.462 e. The number of carbonyl (C=O) groups excluding carboxylic acids is 1. The maximum absolute atomic E-state index is 12.1. The third-order valence-corrected chi connectivity index (χ3v) is 3.57. The molecule has 0 spiro atoms. The number of rotatable bonds is 5. The predicted molar refractivity (Wildman–Crippen MR) is 86.3 cm³/mol. The normalized spacial score (nSPS) is 10.5. The molecule has 6 heteroatoms. The van der Waals surface area contributed by atoms with Crippen LogP contribution in [0.1, 0.15) is 23.0 Å². The molecule has 116 valence electrons. The van der Waals surface area contributed by atoms with E-state index in [1.165, 1.54) is 0 Å². The van der Waals surface area contributed by atoms with Crippen LogP contribution < -0.4 is 0 Å². The molecule has 0 unspecified atom stereocenters. The van der Waals surface area contributed by atoms with Crippen molar-refractivity contribution < 1.29 is 14.6 Å². The van der Waals surface area contributed by atoms with E-state index in [9.17, 15) is 9.90 Å². The van der Waals surface area contributed by atoms with Crippen molar-refractivity contribution in [3.05, 3.63) is 46.2 Å². The summed E-state index contributed by atoms with van der Waals surface area (Å²) in [6, 6.07) is 9.53. The van der Waals surface area contributed by atoms with Gasteiger partial charge >= 0.3 is 5.97 Å². The Morgan fingerprint density at radius 2 is 2.05 bits per heavy atom. The van der Waals surface area contributed by atoms with Crippen molar-refractivity contribution in [1.82, 2.24) is 9.55 Å². The average Bonchev–Trinajstić information content (AvgIpc) is 2.51. The van der Waals surface area contributed by atoms with Gasteiger partial charge < -0.3 is 14.4 Å². The minimum atomic E-state index is -0.483. The topological polar surface area (TPSA) is 64.3 Å². The maximum Gasteiger partial charge on any atom is 0.343 e. The SMILES string of the molecule is CCOC(=O)c1c(C)n(CCO)c(-c2ccccc2)nc1=S. The second kappa shape index (κ2) is 7.29. The van der Waals surface area contributed by atoms with Gasteiger partial charge in [0.05, 0.1) is 13.2 Å². The lowest BCUT2D eigenvalue weighted by Crippen LogP contribution is -2.18. The average molecular weight is 318 g/mol. The summed E-state index contributed by atoms with van der Waals surface area (Å²) < 4.78 is 7.05. The Morgan fingerprint density at radius 3 is 2.64 bits per heavy atom. The molecule has 0 saturated heterocycles. The Balaban J connectivity index is 2.67. The first-order valence-corrected chi connectivity index (χ1v) is 7.45. The summed E-state index contributed by atoms with van der Waals surface area (Å²) in [4.78, 5) is 16.5. The summed E-state index contributed by atoms with van der Waals surface area (Å²) in [5, 5.41) is 9.33. The molecule has 2 aromatic rings. The molecule has 0 aliphatic heterocycles. The number of esters is 1. The monoisotopic (exact) mass is 318 g/mol. The molecule has 0 aliphatic rings. The van der Waals surface area contributed by atoms with Gasteiger partial charge in [0, 0.05) is 17.8 Å². The molecule has 1 aromatic carbocycles. The third kappa shape index (κ3) is 3.23. The molecule has 0 atom stereocenters. The minimum Gasteiger partial charge on any atom is -0.462 e. The molecule has 22 heavy (non-hydrogen) atoms. The number of aromatic nitrogens is 2. The van der Waals surface area contributed by atoms with Crippen LogP contribution in [0.2, 0.25) is 0 Å². The van der Waals surface area contributed by atoms with Crippen LogP contribution in [-0.4, -0.2) is 33.8 Å². The van der Waals surface area contributed by atoms with E-state index in [2.05, 4.69) is 4.98 Å². The number of hydrogen-bond acceptors (Lipinski definition) is 5. The molecule has 1 aromatic heterocycles. The second-order valence-corrected chi connectivity index (χ2v) is 5.05. The van der Waals surface area contributed by atoms with Crippen molar-refractivity contribution in [2.45, 2.75) is 20.4 Å². The van der Waals surface area contributed by atoms with E-state index in [4.69, 9.17) is 17.0 Å². The van der Waals surface area contributed by atoms with E-state index in [1.807, 2.05) is 30.3 Å². The molecule has 0 saturated carbocycles. The number of carbonyl (C=O) groups is 1. The van der Waals surface area contributed by atoms with Crippen LogP contribution in [-0.2, 0) is 11.3 Å². The molecule has 1 N–H and O–H groups in total. The van der Waals surface area contributed by atoms with Gasteiger partial charge in [0.1, 0.15) is 16.0 Å². The lowest BCUT2D eigenvalue weighted by atomic mass is 10.1. The van der Waals surface area contributed by atoms with Crippen LogP contribution in [0.5, 0.6) is 0 Å². The first-order chi connectivity index (χ1) is 10.6. The van der Waals surface area contributed by atoms with Crippen LogP contribution in [0.4, 0.5) is 0 Å². The Morgan fingerprint density at radius 1 is 1.36 bits per heavy atom. The minimum absolute atomic E-state index is 0.0634. The Bertz CT molecular complexity index is 726. The highest BCUT2D eigenvalue weighted by Gasteiger charge is 2.19. The summed E-state index contributed by atoms with van der Waals surface area (Å²) in [5.41, 5.74) is 1.80. The molecule has 1 heterocycles. The Hall–Kier alpha value is -2.05. The number of aliphatic hydroxyl groups excluding tert-OH is 1. The molecule has 0 radical (unpaired) electrons. The van der Waals surface area contributed by atoms with E-state index in [1.54, 1.807) is 18.4 Å². The highest BCUT2D eigenvalue weighted by Crippen LogP contribution is 2.21. The number of hydrogen-bond donors (Lipinski definition) is 1. The van der Waals surface area contributed by atoms with Crippen LogP contribution in [0.3, 0.4) is 0 Å². The highest BCUT2D eigenvalue weighted by atomic mass is 32.1. The number of benzene rings is 1. The van der Waals surface area contributed by atoms with Crippen LogP contribution >= 0.6 is 12.2 Å². The van der Waals surface area contributed by atoms with E-state index >= 15 is 0 Å². The third-order valence-electron chi connectivity index (χ3n) is 3.28. The number of aliphatic hydroxyl groups is 1. The van der Waals surface area contributed by atoms with Gasteiger partial charge in [0.2, 0.25) is 0 Å². The van der Waals surface area contributed by atoms with Crippen LogP contribution in [0.25, 0.3) is 11.4 Å². The van der Waals surface area contributed by atoms with Crippen molar-refractivity contribution in [3.8, 4) is 11.4 Å². The van der Waals surface area contributed by atoms with Gasteiger partial charge in [-0.2, -0.15) is 0 Å². The van der Waals surface area contributed by atoms with Crippen molar-refractivity contribution >= 4 is 18.2 Å². The van der Waals surface area contributed by atoms with Gasteiger partial charge in [-0.25, -0.2) is 9.78 Å². The summed E-state index contributed by atoms with van der Waals surface area (Å²) in [5.74, 6) is 0.147. The lowest BCUT2D eigenvalue weighted by Gasteiger charge is -2.18. The van der Waals surface area contributed by atoms with E-state index in [-0.39, 0.29) is 23.4 Å². The molecular weight excluding hydrogens is 300 g/mol. The summed E-state index contributed by atoms with van der Waals surface area (Å²) in [6.45, 7) is 4.06. The predicted octanol–water partition coefficient (Wildman–Crippen LogP) is 2.76. The van der Waals surface area contributed by atoms with Gasteiger partial charge in [-0.1, -0.05) is 42.5 Å². The maximum atomic E-state index is 12.1. The van der Waals surface area contributed by atoms with Crippen molar-refractivity contribution in [1.29, 1.82) is 0 Å². The molecule has 2 rings (SSSR count). The van der Waals surface area contributed by atoms with E-state index < -0.39 is 5.97 Å².